The van der Waals surface area contributed by atoms with Crippen molar-refractivity contribution in [2.24, 2.45) is 7.05 Å². The average Bonchev–Trinajstić information content (AvgIpc) is 3.32. The highest BCUT2D eigenvalue weighted by Gasteiger charge is 2.21. The Labute approximate surface area is 167 Å². The van der Waals surface area contributed by atoms with Gasteiger partial charge in [0.2, 0.25) is 22.7 Å². The molecule has 0 saturated heterocycles. The molecule has 2 N–H and O–H groups in total. The molecule has 0 unspecified atom stereocenters. The van der Waals surface area contributed by atoms with Crippen LogP contribution < -0.4 is 19.5 Å². The van der Waals surface area contributed by atoms with Gasteiger partial charge in [0.25, 0.3) is 0 Å². The minimum atomic E-state index is -3.86. The van der Waals surface area contributed by atoms with Crippen molar-refractivity contribution in [2.45, 2.75) is 17.9 Å². The molecule has 0 saturated carbocycles. The van der Waals surface area contributed by atoms with Crippen LogP contribution in [0, 0.1) is 0 Å². The first-order chi connectivity index (χ1) is 13.8. The molecule has 1 aliphatic heterocycles. The normalized spacial score (nSPS) is 12.6. The first-order valence-corrected chi connectivity index (χ1v) is 10.2. The minimum absolute atomic E-state index is 0.0412. The number of sulfonamides is 1. The van der Waals surface area contributed by atoms with Crippen molar-refractivity contribution >= 4 is 21.9 Å². The summed E-state index contributed by atoms with van der Waals surface area (Å²) in [6.45, 7) is 0.370. The number of nitrogens with one attached hydrogen (secondary N) is 2. The molecule has 1 aromatic heterocycles. The van der Waals surface area contributed by atoms with Crippen LogP contribution in [0.4, 0.5) is 0 Å². The highest BCUT2D eigenvalue weighted by molar-refractivity contribution is 7.89. The number of aryl methyl sites for hydroxylation is 1. The summed E-state index contributed by atoms with van der Waals surface area (Å²) < 4.78 is 43.5. The second kappa shape index (κ2) is 8.53. The summed E-state index contributed by atoms with van der Waals surface area (Å²) in [6, 6.07) is 6.57. The van der Waals surface area contributed by atoms with E-state index in [4.69, 9.17) is 9.47 Å². The third-order valence-electron chi connectivity index (χ3n) is 4.26. The predicted molar refractivity (Wildman–Crippen MR) is 101 cm³/mol. The number of carbonyl (C=O) groups excluding carboxylic acids is 2. The number of nitrogens with zero attached hydrogens (tertiary/aromatic N) is 1. The van der Waals surface area contributed by atoms with Crippen LogP contribution >= 0.6 is 0 Å². The van der Waals surface area contributed by atoms with Gasteiger partial charge >= 0.3 is 5.97 Å². The Hall–Kier alpha value is -3.05. The Morgan fingerprint density at radius 3 is 2.72 bits per heavy atom. The van der Waals surface area contributed by atoms with Crippen molar-refractivity contribution < 1.29 is 32.2 Å². The lowest BCUT2D eigenvalue weighted by Crippen LogP contribution is -2.30. The largest absolute Gasteiger partial charge is 0.464 e. The quantitative estimate of drug-likeness (QED) is 0.593. The van der Waals surface area contributed by atoms with Gasteiger partial charge in [0.05, 0.1) is 7.11 Å². The van der Waals surface area contributed by atoms with Crippen LogP contribution in [0.1, 0.15) is 22.5 Å². The zero-order valence-electron chi connectivity index (χ0n) is 15.9. The second-order valence-corrected chi connectivity index (χ2v) is 8.04. The van der Waals surface area contributed by atoms with Gasteiger partial charge in [0.15, 0.2) is 11.5 Å². The van der Waals surface area contributed by atoms with E-state index in [0.717, 1.165) is 5.56 Å². The molecule has 0 fully saturated rings. The molecule has 0 bridgehead atoms. The van der Waals surface area contributed by atoms with Gasteiger partial charge in [-0.05, 0) is 23.8 Å². The molecule has 29 heavy (non-hydrogen) atoms. The molecule has 1 aliphatic rings. The molecule has 11 heteroatoms. The number of ether oxygens (including phenoxy) is 3. The summed E-state index contributed by atoms with van der Waals surface area (Å²) in [5.74, 6) is 0.329. The molecule has 156 valence electrons. The number of esters is 1. The lowest BCUT2D eigenvalue weighted by Gasteiger charge is -2.07. The van der Waals surface area contributed by atoms with Gasteiger partial charge in [-0.3, -0.25) is 4.79 Å². The predicted octanol–water partition coefficient (Wildman–Crippen LogP) is 0.525. The SMILES string of the molecule is COC(=O)c1cc(S(=O)(=O)NCCC(=O)NCc2ccc3c(c2)OCO3)cn1C. The molecule has 0 aliphatic carbocycles. The van der Waals surface area contributed by atoms with Crippen LogP contribution in [0.5, 0.6) is 11.5 Å². The Balaban J connectivity index is 1.48. The van der Waals surface area contributed by atoms with E-state index < -0.39 is 16.0 Å². The van der Waals surface area contributed by atoms with E-state index >= 15 is 0 Å². The minimum Gasteiger partial charge on any atom is -0.464 e. The van der Waals surface area contributed by atoms with Crippen LogP contribution in [-0.4, -0.2) is 45.3 Å². The molecule has 0 radical (unpaired) electrons. The number of rotatable bonds is 8. The third kappa shape index (κ3) is 4.87. The summed E-state index contributed by atoms with van der Waals surface area (Å²) in [5, 5.41) is 2.72. The smallest absolute Gasteiger partial charge is 0.354 e. The van der Waals surface area contributed by atoms with Gasteiger partial charge in [-0.25, -0.2) is 17.9 Å². The third-order valence-corrected chi connectivity index (χ3v) is 5.68. The summed E-state index contributed by atoms with van der Waals surface area (Å²) in [5.41, 5.74) is 0.942. The van der Waals surface area contributed by atoms with Gasteiger partial charge in [0.1, 0.15) is 10.6 Å². The van der Waals surface area contributed by atoms with Crippen molar-refractivity contribution in [3.63, 3.8) is 0 Å². The van der Waals surface area contributed by atoms with Crippen LogP contribution in [0.2, 0.25) is 0 Å². The topological polar surface area (TPSA) is 125 Å². The molecule has 10 nitrogen and oxygen atoms in total. The van der Waals surface area contributed by atoms with Crippen LogP contribution in [0.15, 0.2) is 35.4 Å². The summed E-state index contributed by atoms with van der Waals surface area (Å²) in [7, 11) is -1.11. The molecule has 1 amide bonds. The summed E-state index contributed by atoms with van der Waals surface area (Å²) in [4.78, 5) is 23.5. The highest BCUT2D eigenvalue weighted by atomic mass is 32.2. The monoisotopic (exact) mass is 423 g/mol. The van der Waals surface area contributed by atoms with E-state index in [9.17, 15) is 18.0 Å². The maximum absolute atomic E-state index is 12.3. The van der Waals surface area contributed by atoms with Crippen molar-refractivity contribution in [2.75, 3.05) is 20.4 Å². The number of fused-ring (bicyclic) bond motifs is 1. The van der Waals surface area contributed by atoms with Crippen molar-refractivity contribution in [1.82, 2.24) is 14.6 Å². The summed E-state index contributed by atoms with van der Waals surface area (Å²) >= 11 is 0. The maximum atomic E-state index is 12.3. The fraction of sp³-hybridized carbons (Fsp3) is 0.333. The number of carbonyl (C=O) groups is 2. The molecular weight excluding hydrogens is 402 g/mol. The van der Waals surface area contributed by atoms with Gasteiger partial charge in [-0.15, -0.1) is 0 Å². The molecule has 2 aromatic rings. The van der Waals surface area contributed by atoms with Crippen LogP contribution in [0.25, 0.3) is 0 Å². The van der Waals surface area contributed by atoms with Gasteiger partial charge in [0, 0.05) is 32.8 Å². The lowest BCUT2D eigenvalue weighted by atomic mass is 10.2. The van der Waals surface area contributed by atoms with Crippen LogP contribution in [0.3, 0.4) is 0 Å². The number of hydrogen-bond donors (Lipinski definition) is 2. The fourth-order valence-corrected chi connectivity index (χ4v) is 3.81. The van der Waals surface area contributed by atoms with Crippen molar-refractivity contribution in [1.29, 1.82) is 0 Å². The fourth-order valence-electron chi connectivity index (χ4n) is 2.71. The lowest BCUT2D eigenvalue weighted by molar-refractivity contribution is -0.121. The van der Waals surface area contributed by atoms with E-state index in [0.29, 0.717) is 11.5 Å². The number of methoxy groups -OCH3 is 1. The first kappa shape index (κ1) is 20.7. The van der Waals surface area contributed by atoms with Crippen LogP contribution in [-0.2, 0) is 33.1 Å². The van der Waals surface area contributed by atoms with E-state index in [1.165, 1.54) is 31.0 Å². The second-order valence-electron chi connectivity index (χ2n) is 6.28. The Morgan fingerprint density at radius 2 is 1.97 bits per heavy atom. The van der Waals surface area contributed by atoms with Crippen molar-refractivity contribution in [3.8, 4) is 11.5 Å². The molecule has 0 atom stereocenters. The highest BCUT2D eigenvalue weighted by Crippen LogP contribution is 2.32. The molecule has 3 rings (SSSR count). The first-order valence-electron chi connectivity index (χ1n) is 8.70. The Morgan fingerprint density at radius 1 is 1.21 bits per heavy atom. The van der Waals surface area contributed by atoms with Gasteiger partial charge in [-0.1, -0.05) is 6.07 Å². The van der Waals surface area contributed by atoms with E-state index in [1.54, 1.807) is 12.1 Å². The number of aromatic nitrogens is 1. The summed E-state index contributed by atoms with van der Waals surface area (Å²) in [6.07, 6.45) is 1.26. The van der Waals surface area contributed by atoms with E-state index in [2.05, 4.69) is 14.8 Å². The molecule has 1 aromatic carbocycles. The molecule has 0 spiro atoms. The van der Waals surface area contributed by atoms with E-state index in [-0.39, 0.29) is 42.8 Å². The Bertz CT molecular complexity index is 1030. The molecular formula is C18H21N3O7S. The standard InChI is InChI=1S/C18H21N3O7S/c1-21-10-13(8-14(21)18(23)26-2)29(24,25)20-6-5-17(22)19-9-12-3-4-15-16(7-12)28-11-27-15/h3-4,7-8,10,20H,5-6,9,11H2,1-2H3,(H,19,22). The zero-order valence-corrected chi connectivity index (χ0v) is 16.7. The zero-order chi connectivity index (χ0) is 21.0. The number of hydrogen-bond acceptors (Lipinski definition) is 7. The number of amides is 1. The average molecular weight is 423 g/mol. The maximum Gasteiger partial charge on any atom is 0.354 e. The molecule has 2 heterocycles. The van der Waals surface area contributed by atoms with E-state index in [1.807, 2.05) is 6.07 Å². The van der Waals surface area contributed by atoms with Crippen molar-refractivity contribution in [3.05, 3.63) is 41.7 Å². The Kier molecular flexibility index (Phi) is 6.09. The van der Waals surface area contributed by atoms with Gasteiger partial charge < -0.3 is 24.1 Å². The van der Waals surface area contributed by atoms with Gasteiger partial charge in [-0.2, -0.15) is 0 Å². The number of benzene rings is 1.